The lowest BCUT2D eigenvalue weighted by Gasteiger charge is -2.09. The molecular formula is C17H14FN3O2S. The second kappa shape index (κ2) is 6.84. The van der Waals surface area contributed by atoms with Crippen LogP contribution in [0.2, 0.25) is 0 Å². The van der Waals surface area contributed by atoms with E-state index in [0.29, 0.717) is 5.16 Å². The number of benzene rings is 2. The lowest BCUT2D eigenvalue weighted by Crippen LogP contribution is -1.93. The molecular weight excluding hydrogens is 329 g/mol. The van der Waals surface area contributed by atoms with Crippen LogP contribution in [0.3, 0.4) is 0 Å². The Morgan fingerprint density at radius 2 is 2.00 bits per heavy atom. The molecule has 0 amide bonds. The van der Waals surface area contributed by atoms with Gasteiger partial charge in [0, 0.05) is 17.4 Å². The minimum absolute atomic E-state index is 0.00267. The normalized spacial score (nSPS) is 12.1. The van der Waals surface area contributed by atoms with Crippen LogP contribution in [0.1, 0.15) is 17.7 Å². The molecule has 1 heterocycles. The highest BCUT2D eigenvalue weighted by Crippen LogP contribution is 2.35. The maximum absolute atomic E-state index is 13.0. The van der Waals surface area contributed by atoms with Crippen molar-refractivity contribution in [3.8, 4) is 11.3 Å². The van der Waals surface area contributed by atoms with Gasteiger partial charge in [-0.25, -0.2) is 9.37 Å². The van der Waals surface area contributed by atoms with Crippen molar-refractivity contribution in [1.29, 1.82) is 0 Å². The number of H-pyrrole nitrogens is 1. The summed E-state index contributed by atoms with van der Waals surface area (Å²) in [6.07, 6.45) is 1.69. The fourth-order valence-corrected chi connectivity index (χ4v) is 3.17. The molecule has 0 fully saturated rings. The lowest BCUT2D eigenvalue weighted by atomic mass is 10.1. The number of imidazole rings is 1. The van der Waals surface area contributed by atoms with Gasteiger partial charge in [-0.2, -0.15) is 0 Å². The van der Waals surface area contributed by atoms with Crippen molar-refractivity contribution in [2.24, 2.45) is 0 Å². The Morgan fingerprint density at radius 1 is 1.25 bits per heavy atom. The molecule has 2 aromatic carbocycles. The van der Waals surface area contributed by atoms with Crippen LogP contribution in [-0.2, 0) is 0 Å². The number of hydrogen-bond donors (Lipinski definition) is 1. The molecule has 0 saturated carbocycles. The molecule has 1 atom stereocenters. The van der Waals surface area contributed by atoms with E-state index in [1.807, 2.05) is 13.0 Å². The van der Waals surface area contributed by atoms with E-state index < -0.39 is 4.92 Å². The van der Waals surface area contributed by atoms with Crippen molar-refractivity contribution >= 4 is 17.4 Å². The van der Waals surface area contributed by atoms with Crippen molar-refractivity contribution in [3.05, 3.63) is 76.2 Å². The quantitative estimate of drug-likeness (QED) is 0.403. The van der Waals surface area contributed by atoms with Gasteiger partial charge < -0.3 is 4.98 Å². The summed E-state index contributed by atoms with van der Waals surface area (Å²) in [5.74, 6) is -0.285. The van der Waals surface area contributed by atoms with Crippen molar-refractivity contribution < 1.29 is 9.31 Å². The zero-order valence-electron chi connectivity index (χ0n) is 12.8. The second-order valence-corrected chi connectivity index (χ2v) is 6.55. The second-order valence-electron chi connectivity index (χ2n) is 5.22. The molecule has 122 valence electrons. The van der Waals surface area contributed by atoms with Gasteiger partial charge >= 0.3 is 0 Å². The Morgan fingerprint density at radius 3 is 2.71 bits per heavy atom. The maximum Gasteiger partial charge on any atom is 0.269 e. The van der Waals surface area contributed by atoms with Gasteiger partial charge in [0.15, 0.2) is 5.16 Å². The highest BCUT2D eigenvalue weighted by molar-refractivity contribution is 7.99. The first kappa shape index (κ1) is 16.2. The van der Waals surface area contributed by atoms with Crippen LogP contribution in [0, 0.1) is 15.9 Å². The van der Waals surface area contributed by atoms with E-state index in [1.54, 1.807) is 30.5 Å². The Bertz CT molecular complexity index is 864. The Labute approximate surface area is 142 Å². The minimum atomic E-state index is -0.402. The molecule has 24 heavy (non-hydrogen) atoms. The van der Waals surface area contributed by atoms with Crippen LogP contribution in [-0.4, -0.2) is 14.9 Å². The highest BCUT2D eigenvalue weighted by Gasteiger charge is 2.14. The minimum Gasteiger partial charge on any atom is -0.333 e. The summed E-state index contributed by atoms with van der Waals surface area (Å²) in [4.78, 5) is 18.0. The number of rotatable bonds is 5. The number of nitrogens with one attached hydrogen (secondary N) is 1. The van der Waals surface area contributed by atoms with Crippen LogP contribution in [0.15, 0.2) is 59.9 Å². The molecule has 3 aromatic rings. The standard InChI is InChI=1S/C17H14FN3O2S/c1-11(13-3-2-4-15(9-13)21(22)23)24-17-19-10-16(20-17)12-5-7-14(18)8-6-12/h2-11H,1H3,(H,19,20)/t11-/m1/s1. The number of non-ortho nitro benzene ring substituents is 1. The van der Waals surface area contributed by atoms with Crippen molar-refractivity contribution in [2.75, 3.05) is 0 Å². The van der Waals surface area contributed by atoms with E-state index in [2.05, 4.69) is 9.97 Å². The topological polar surface area (TPSA) is 71.8 Å². The van der Waals surface area contributed by atoms with Gasteiger partial charge in [-0.3, -0.25) is 10.1 Å². The predicted molar refractivity (Wildman–Crippen MR) is 91.4 cm³/mol. The Hall–Kier alpha value is -2.67. The summed E-state index contributed by atoms with van der Waals surface area (Å²) >= 11 is 1.47. The van der Waals surface area contributed by atoms with Crippen LogP contribution < -0.4 is 0 Å². The number of nitro benzene ring substituents is 1. The zero-order valence-corrected chi connectivity index (χ0v) is 13.6. The third kappa shape index (κ3) is 3.62. The van der Waals surface area contributed by atoms with E-state index in [0.717, 1.165) is 16.8 Å². The Kier molecular flexibility index (Phi) is 4.61. The molecule has 0 bridgehead atoms. The number of aromatic nitrogens is 2. The zero-order chi connectivity index (χ0) is 17.1. The monoisotopic (exact) mass is 343 g/mol. The first-order valence-electron chi connectivity index (χ1n) is 7.25. The fourth-order valence-electron chi connectivity index (χ4n) is 2.27. The van der Waals surface area contributed by atoms with E-state index in [1.165, 1.54) is 30.0 Å². The van der Waals surface area contributed by atoms with Gasteiger partial charge in [0.05, 0.1) is 16.8 Å². The average molecular weight is 343 g/mol. The van der Waals surface area contributed by atoms with Gasteiger partial charge in [0.1, 0.15) is 5.82 Å². The first-order chi connectivity index (χ1) is 11.5. The van der Waals surface area contributed by atoms with Gasteiger partial charge in [-0.15, -0.1) is 0 Å². The van der Waals surface area contributed by atoms with Gasteiger partial charge in [-0.1, -0.05) is 23.9 Å². The van der Waals surface area contributed by atoms with Crippen LogP contribution in [0.25, 0.3) is 11.3 Å². The molecule has 0 aliphatic carbocycles. The smallest absolute Gasteiger partial charge is 0.269 e. The van der Waals surface area contributed by atoms with Crippen molar-refractivity contribution in [1.82, 2.24) is 9.97 Å². The van der Waals surface area contributed by atoms with Gasteiger partial charge in [0.25, 0.3) is 5.69 Å². The first-order valence-corrected chi connectivity index (χ1v) is 8.13. The molecule has 0 radical (unpaired) electrons. The molecule has 0 aliphatic heterocycles. The number of hydrogen-bond acceptors (Lipinski definition) is 4. The number of halogens is 1. The van der Waals surface area contributed by atoms with E-state index in [9.17, 15) is 14.5 Å². The van der Waals surface area contributed by atoms with E-state index in [4.69, 9.17) is 0 Å². The van der Waals surface area contributed by atoms with Gasteiger partial charge in [0.2, 0.25) is 0 Å². The number of aromatic amines is 1. The number of nitro groups is 1. The molecule has 7 heteroatoms. The summed E-state index contributed by atoms with van der Waals surface area (Å²) in [7, 11) is 0. The largest absolute Gasteiger partial charge is 0.333 e. The summed E-state index contributed by atoms with van der Waals surface area (Å²) in [5, 5.41) is 11.6. The molecule has 0 unspecified atom stereocenters. The number of nitrogens with zero attached hydrogens (tertiary/aromatic N) is 2. The third-order valence-corrected chi connectivity index (χ3v) is 4.60. The third-order valence-electron chi connectivity index (χ3n) is 3.55. The average Bonchev–Trinajstić information content (AvgIpc) is 3.04. The van der Waals surface area contributed by atoms with Crippen molar-refractivity contribution in [2.45, 2.75) is 17.3 Å². The highest BCUT2D eigenvalue weighted by atomic mass is 32.2. The van der Waals surface area contributed by atoms with Gasteiger partial charge in [-0.05, 0) is 42.3 Å². The molecule has 5 nitrogen and oxygen atoms in total. The lowest BCUT2D eigenvalue weighted by molar-refractivity contribution is -0.384. The molecule has 0 spiro atoms. The number of thioether (sulfide) groups is 1. The molecule has 1 aromatic heterocycles. The van der Waals surface area contributed by atoms with E-state index >= 15 is 0 Å². The summed E-state index contributed by atoms with van der Waals surface area (Å²) in [6.45, 7) is 1.96. The van der Waals surface area contributed by atoms with Crippen molar-refractivity contribution in [3.63, 3.8) is 0 Å². The fraction of sp³-hybridized carbons (Fsp3) is 0.118. The van der Waals surface area contributed by atoms with Crippen LogP contribution >= 0.6 is 11.8 Å². The molecule has 0 saturated heterocycles. The predicted octanol–water partition coefficient (Wildman–Crippen LogP) is 4.98. The van der Waals surface area contributed by atoms with Crippen LogP contribution in [0.5, 0.6) is 0 Å². The summed E-state index contributed by atoms with van der Waals surface area (Å²) < 4.78 is 13.0. The molecule has 3 rings (SSSR count). The molecule has 1 N–H and O–H groups in total. The maximum atomic E-state index is 13.0. The molecule has 0 aliphatic rings. The Balaban J connectivity index is 1.75. The summed E-state index contributed by atoms with van der Waals surface area (Å²) in [6, 6.07) is 12.7. The van der Waals surface area contributed by atoms with Crippen LogP contribution in [0.4, 0.5) is 10.1 Å². The van der Waals surface area contributed by atoms with E-state index in [-0.39, 0.29) is 16.8 Å². The summed E-state index contributed by atoms with van der Waals surface area (Å²) in [5.41, 5.74) is 2.57. The SMILES string of the molecule is C[C@@H](Sc1ncc(-c2ccc(F)cc2)[nH]1)c1cccc([N+](=O)[O-])c1.